The zero-order chi connectivity index (χ0) is 21.9. The Morgan fingerprint density at radius 3 is 2.38 bits per heavy atom. The zero-order valence-corrected chi connectivity index (χ0v) is 18.9. The molecule has 3 aliphatic rings. The van der Waals surface area contributed by atoms with E-state index in [-0.39, 0.29) is 12.1 Å². The summed E-state index contributed by atoms with van der Waals surface area (Å²) in [7, 11) is 1.74. The molecule has 2 fully saturated rings. The fraction of sp³-hybridized carbons (Fsp3) is 0.481. The number of hydrazone groups is 1. The van der Waals surface area contributed by atoms with Gasteiger partial charge < -0.3 is 10.1 Å². The smallest absolute Gasteiger partial charge is 0.342 e. The number of fused-ring (bicyclic) bond motifs is 1. The number of carbonyl (C=O) groups excluding carboxylic acids is 1. The lowest BCUT2D eigenvalue weighted by Gasteiger charge is -2.34. The number of methoxy groups -OCH3 is 1. The van der Waals surface area contributed by atoms with E-state index in [0.717, 1.165) is 61.2 Å². The maximum absolute atomic E-state index is 13.2. The molecule has 0 atom stereocenters. The Kier molecular flexibility index (Phi) is 6.15. The molecular weight excluding hydrogens is 398 g/mol. The molecule has 0 bridgehead atoms. The monoisotopic (exact) mass is 431 g/mol. The summed E-state index contributed by atoms with van der Waals surface area (Å²) in [4.78, 5) is 13.2. The molecule has 0 spiro atoms. The molecule has 2 aromatic rings. The Morgan fingerprint density at radius 1 is 0.875 bits per heavy atom. The first kappa shape index (κ1) is 21.0. The van der Waals surface area contributed by atoms with Gasteiger partial charge in [0.1, 0.15) is 5.75 Å². The van der Waals surface area contributed by atoms with Gasteiger partial charge >= 0.3 is 6.03 Å². The molecule has 0 unspecified atom stereocenters. The second-order valence-corrected chi connectivity index (χ2v) is 9.39. The van der Waals surface area contributed by atoms with E-state index in [9.17, 15) is 4.79 Å². The van der Waals surface area contributed by atoms with Crippen molar-refractivity contribution in [3.05, 3.63) is 59.7 Å². The van der Waals surface area contributed by atoms with Crippen LogP contribution in [0.2, 0.25) is 0 Å². The van der Waals surface area contributed by atoms with Crippen molar-refractivity contribution in [2.24, 2.45) is 11.0 Å². The number of rotatable bonds is 4. The second-order valence-electron chi connectivity index (χ2n) is 9.39. The number of urea groups is 1. The van der Waals surface area contributed by atoms with E-state index >= 15 is 0 Å². The molecule has 1 aliphatic heterocycles. The van der Waals surface area contributed by atoms with Crippen molar-refractivity contribution in [1.82, 2.24) is 5.01 Å². The summed E-state index contributed by atoms with van der Waals surface area (Å²) in [6.45, 7) is 0. The lowest BCUT2D eigenvalue weighted by atomic mass is 9.81. The van der Waals surface area contributed by atoms with E-state index in [4.69, 9.17) is 9.84 Å². The Morgan fingerprint density at radius 2 is 1.59 bits per heavy atom. The van der Waals surface area contributed by atoms with E-state index < -0.39 is 0 Å². The van der Waals surface area contributed by atoms with Crippen LogP contribution in [0.4, 0.5) is 10.5 Å². The molecule has 1 N–H and O–H groups in total. The van der Waals surface area contributed by atoms with E-state index in [1.807, 2.05) is 24.3 Å². The van der Waals surface area contributed by atoms with E-state index in [1.54, 1.807) is 12.1 Å². The van der Waals surface area contributed by atoms with E-state index in [1.165, 1.54) is 24.8 Å². The van der Waals surface area contributed by atoms with Gasteiger partial charge in [0.2, 0.25) is 0 Å². The molecule has 2 amide bonds. The van der Waals surface area contributed by atoms with Crippen LogP contribution in [0.25, 0.3) is 0 Å². The van der Waals surface area contributed by atoms with Gasteiger partial charge in [-0.25, -0.2) is 9.80 Å². The number of nitrogens with one attached hydrogen (secondary N) is 1. The summed E-state index contributed by atoms with van der Waals surface area (Å²) in [5.74, 6) is 1.87. The molecule has 0 aromatic heterocycles. The molecule has 5 rings (SSSR count). The first-order chi connectivity index (χ1) is 15.7. The molecular formula is C27H33N3O2. The van der Waals surface area contributed by atoms with Crippen molar-refractivity contribution < 1.29 is 9.53 Å². The molecule has 5 nitrogen and oxygen atoms in total. The third kappa shape index (κ3) is 4.13. The van der Waals surface area contributed by atoms with Gasteiger partial charge in [-0.1, -0.05) is 55.7 Å². The van der Waals surface area contributed by atoms with Crippen LogP contribution in [-0.4, -0.2) is 29.9 Å². The first-order valence-electron chi connectivity index (χ1n) is 12.2. The molecule has 1 heterocycles. The van der Waals surface area contributed by atoms with Crippen LogP contribution in [0.1, 0.15) is 74.8 Å². The van der Waals surface area contributed by atoms with Crippen LogP contribution in [0, 0.1) is 5.92 Å². The number of benzene rings is 2. The molecule has 2 aliphatic carbocycles. The predicted octanol–water partition coefficient (Wildman–Crippen LogP) is 6.55. The topological polar surface area (TPSA) is 53.9 Å². The number of ether oxygens (including phenoxy) is 1. The predicted molar refractivity (Wildman–Crippen MR) is 128 cm³/mol. The van der Waals surface area contributed by atoms with Gasteiger partial charge in [-0.2, -0.15) is 5.10 Å². The highest BCUT2D eigenvalue weighted by atomic mass is 16.5. The van der Waals surface area contributed by atoms with Gasteiger partial charge in [0, 0.05) is 11.5 Å². The third-order valence-electron chi connectivity index (χ3n) is 7.48. The Balaban J connectivity index is 1.39. The number of carbonyl (C=O) groups is 1. The molecule has 5 heteroatoms. The average molecular weight is 432 g/mol. The molecule has 2 aromatic carbocycles. The zero-order valence-electron chi connectivity index (χ0n) is 18.9. The van der Waals surface area contributed by atoms with Crippen LogP contribution < -0.4 is 10.1 Å². The Bertz CT molecular complexity index is 988. The van der Waals surface area contributed by atoms with Crippen LogP contribution in [-0.2, 0) is 0 Å². The number of para-hydroxylation sites is 2. The minimum atomic E-state index is -0.0935. The van der Waals surface area contributed by atoms with Crippen molar-refractivity contribution in [3.63, 3.8) is 0 Å². The fourth-order valence-corrected chi connectivity index (χ4v) is 5.76. The molecule has 0 saturated heterocycles. The maximum Gasteiger partial charge on any atom is 0.342 e. The third-order valence-corrected chi connectivity index (χ3v) is 7.48. The molecule has 0 radical (unpaired) electrons. The summed E-state index contributed by atoms with van der Waals surface area (Å²) >= 11 is 0. The van der Waals surface area contributed by atoms with Crippen molar-refractivity contribution in [1.29, 1.82) is 0 Å². The van der Waals surface area contributed by atoms with Gasteiger partial charge in [-0.3, -0.25) is 0 Å². The normalized spacial score (nSPS) is 24.2. The van der Waals surface area contributed by atoms with Gasteiger partial charge in [-0.15, -0.1) is 0 Å². The summed E-state index contributed by atoms with van der Waals surface area (Å²) < 4.78 is 5.60. The van der Waals surface area contributed by atoms with Crippen molar-refractivity contribution >= 4 is 17.4 Å². The molecule has 32 heavy (non-hydrogen) atoms. The Labute approximate surface area is 190 Å². The highest BCUT2D eigenvalue weighted by Crippen LogP contribution is 2.40. The fourth-order valence-electron chi connectivity index (χ4n) is 5.76. The summed E-state index contributed by atoms with van der Waals surface area (Å²) in [6, 6.07) is 16.5. The maximum atomic E-state index is 13.2. The second kappa shape index (κ2) is 9.35. The van der Waals surface area contributed by atoms with Gasteiger partial charge in [0.05, 0.1) is 24.6 Å². The number of amides is 2. The van der Waals surface area contributed by atoms with Crippen LogP contribution in [0.5, 0.6) is 5.75 Å². The Hall–Kier alpha value is -2.82. The van der Waals surface area contributed by atoms with Gasteiger partial charge in [0.15, 0.2) is 0 Å². The number of hydrogen-bond donors (Lipinski definition) is 1. The summed E-state index contributed by atoms with van der Waals surface area (Å²) in [5.41, 5.74) is 4.38. The number of anilines is 1. The lowest BCUT2D eigenvalue weighted by Crippen LogP contribution is -2.41. The van der Waals surface area contributed by atoms with Gasteiger partial charge in [0.25, 0.3) is 0 Å². The first-order valence-corrected chi connectivity index (χ1v) is 12.2. The quantitative estimate of drug-likeness (QED) is 0.596. The van der Waals surface area contributed by atoms with Gasteiger partial charge in [-0.05, 0) is 62.1 Å². The SMILES string of the molecule is COc1ccccc1[C@H]1CC[C@@H](N2N=C(C3CCCCC3)c3ccccc3NC2=O)CC1. The lowest BCUT2D eigenvalue weighted by molar-refractivity contribution is 0.165. The van der Waals surface area contributed by atoms with E-state index in [0.29, 0.717) is 11.8 Å². The molecule has 168 valence electrons. The highest BCUT2D eigenvalue weighted by Gasteiger charge is 2.34. The number of hydrogen-bond acceptors (Lipinski definition) is 3. The van der Waals surface area contributed by atoms with Crippen molar-refractivity contribution in [2.45, 2.75) is 69.7 Å². The molecule has 2 saturated carbocycles. The largest absolute Gasteiger partial charge is 0.496 e. The summed E-state index contributed by atoms with van der Waals surface area (Å²) in [5, 5.41) is 10.0. The minimum Gasteiger partial charge on any atom is -0.496 e. The van der Waals surface area contributed by atoms with Crippen molar-refractivity contribution in [2.75, 3.05) is 12.4 Å². The highest BCUT2D eigenvalue weighted by molar-refractivity contribution is 6.10. The average Bonchev–Trinajstić information content (AvgIpc) is 3.00. The van der Waals surface area contributed by atoms with Crippen molar-refractivity contribution in [3.8, 4) is 5.75 Å². The minimum absolute atomic E-state index is 0.0935. The van der Waals surface area contributed by atoms with E-state index in [2.05, 4.69) is 29.6 Å². The van der Waals surface area contributed by atoms with Crippen LogP contribution in [0.15, 0.2) is 53.6 Å². The van der Waals surface area contributed by atoms with Crippen LogP contribution in [0.3, 0.4) is 0 Å². The van der Waals surface area contributed by atoms with Crippen LogP contribution >= 0.6 is 0 Å². The standard InChI is InChI=1S/C27H33N3O2/c1-32-25-14-8-6-11-22(25)19-15-17-21(18-16-19)30-27(31)28-24-13-7-5-12-23(24)26(29-30)20-9-3-2-4-10-20/h5-8,11-14,19-21H,2-4,9-10,15-18H2,1H3,(H,28,31)/t19-,21+. The number of nitrogens with zero attached hydrogens (tertiary/aromatic N) is 2. The summed E-state index contributed by atoms with van der Waals surface area (Å²) in [6.07, 6.45) is 10.1.